The maximum atomic E-state index is 12.2. The molecule has 3 aromatic carbocycles. The van der Waals surface area contributed by atoms with Gasteiger partial charge in [-0.25, -0.2) is 0 Å². The van der Waals surface area contributed by atoms with Crippen LogP contribution < -0.4 is 21.1 Å². The number of ether oxygens (including phenoxy) is 1. The van der Waals surface area contributed by atoms with Crippen molar-refractivity contribution in [2.24, 2.45) is 5.73 Å². The van der Waals surface area contributed by atoms with E-state index >= 15 is 0 Å². The molecule has 0 radical (unpaired) electrons. The molecule has 0 spiro atoms. The van der Waals surface area contributed by atoms with E-state index in [4.69, 9.17) is 10.5 Å². The monoisotopic (exact) mass is 403 g/mol. The molecule has 0 aliphatic rings. The molecule has 5 heteroatoms. The van der Waals surface area contributed by atoms with E-state index in [2.05, 4.69) is 22.8 Å². The highest BCUT2D eigenvalue weighted by Crippen LogP contribution is 2.15. The fourth-order valence-electron chi connectivity index (χ4n) is 3.04. The Bertz CT molecular complexity index is 883. The van der Waals surface area contributed by atoms with Gasteiger partial charge < -0.3 is 21.1 Å². The van der Waals surface area contributed by atoms with Gasteiger partial charge in [0.15, 0.2) is 0 Å². The van der Waals surface area contributed by atoms with Crippen LogP contribution in [0, 0.1) is 0 Å². The van der Waals surface area contributed by atoms with Crippen LogP contribution in [-0.2, 0) is 24.4 Å². The van der Waals surface area contributed by atoms with E-state index in [1.54, 1.807) is 0 Å². The summed E-state index contributed by atoms with van der Waals surface area (Å²) in [5, 5.41) is 6.19. The molecule has 1 unspecified atom stereocenters. The van der Waals surface area contributed by atoms with Crippen molar-refractivity contribution in [1.29, 1.82) is 0 Å². The molecular weight excluding hydrogens is 374 g/mol. The second kappa shape index (κ2) is 11.8. The first kappa shape index (κ1) is 21.6. The smallest absolute Gasteiger partial charge is 0.237 e. The molecule has 4 N–H and O–H groups in total. The number of nitrogens with one attached hydrogen (secondary N) is 2. The molecule has 0 aromatic heterocycles. The minimum atomic E-state index is -0.574. The summed E-state index contributed by atoms with van der Waals surface area (Å²) in [6, 6.07) is 27.4. The number of rotatable bonds is 11. The number of hydrogen-bond acceptors (Lipinski definition) is 4. The molecule has 0 saturated carbocycles. The Hall–Kier alpha value is -3.15. The first-order valence-corrected chi connectivity index (χ1v) is 10.2. The third-order valence-electron chi connectivity index (χ3n) is 4.74. The lowest BCUT2D eigenvalue weighted by Crippen LogP contribution is -2.44. The highest BCUT2D eigenvalue weighted by atomic mass is 16.5. The summed E-state index contributed by atoms with van der Waals surface area (Å²) < 4.78 is 5.79. The lowest BCUT2D eigenvalue weighted by atomic mass is 10.1. The number of amides is 1. The third-order valence-corrected chi connectivity index (χ3v) is 4.74. The molecule has 1 atom stereocenters. The quantitative estimate of drug-likeness (QED) is 0.430. The average molecular weight is 404 g/mol. The highest BCUT2D eigenvalue weighted by Gasteiger charge is 2.13. The van der Waals surface area contributed by atoms with E-state index in [9.17, 15) is 4.79 Å². The summed E-state index contributed by atoms with van der Waals surface area (Å²) >= 11 is 0. The summed E-state index contributed by atoms with van der Waals surface area (Å²) in [6.07, 6.45) is 0.488. The van der Waals surface area contributed by atoms with E-state index in [-0.39, 0.29) is 5.91 Å². The number of hydrogen-bond donors (Lipinski definition) is 3. The predicted octanol–water partition coefficient (Wildman–Crippen LogP) is 3.04. The van der Waals surface area contributed by atoms with E-state index in [0.29, 0.717) is 26.1 Å². The summed E-state index contributed by atoms with van der Waals surface area (Å²) in [6.45, 7) is 2.55. The van der Waals surface area contributed by atoms with Gasteiger partial charge in [-0.15, -0.1) is 0 Å². The molecule has 3 rings (SSSR count). The van der Waals surface area contributed by atoms with Crippen LogP contribution in [0.1, 0.15) is 16.7 Å². The number of carbonyl (C=O) groups is 1. The zero-order chi connectivity index (χ0) is 21.0. The largest absolute Gasteiger partial charge is 0.489 e. The lowest BCUT2D eigenvalue weighted by Gasteiger charge is -2.13. The molecule has 5 nitrogen and oxygen atoms in total. The Balaban J connectivity index is 1.34. The Morgan fingerprint density at radius 3 is 2.10 bits per heavy atom. The average Bonchev–Trinajstić information content (AvgIpc) is 2.79. The Morgan fingerprint density at radius 2 is 1.43 bits per heavy atom. The van der Waals surface area contributed by atoms with Crippen molar-refractivity contribution in [2.75, 3.05) is 13.1 Å². The van der Waals surface area contributed by atoms with Crippen molar-refractivity contribution in [3.8, 4) is 5.75 Å². The van der Waals surface area contributed by atoms with Gasteiger partial charge in [0.25, 0.3) is 0 Å². The first-order valence-electron chi connectivity index (χ1n) is 10.2. The topological polar surface area (TPSA) is 76.4 Å². The summed E-state index contributed by atoms with van der Waals surface area (Å²) in [5.41, 5.74) is 9.41. The number of carbonyl (C=O) groups excluding carboxylic acids is 1. The van der Waals surface area contributed by atoms with Crippen LogP contribution in [0.15, 0.2) is 84.9 Å². The van der Waals surface area contributed by atoms with Gasteiger partial charge >= 0.3 is 0 Å². The van der Waals surface area contributed by atoms with Crippen LogP contribution in [0.4, 0.5) is 0 Å². The third kappa shape index (κ3) is 7.35. The molecule has 156 valence electrons. The summed E-state index contributed by atoms with van der Waals surface area (Å²) in [7, 11) is 0. The van der Waals surface area contributed by atoms with E-state index in [1.807, 2.05) is 72.8 Å². The van der Waals surface area contributed by atoms with Crippen LogP contribution in [0.25, 0.3) is 0 Å². The minimum absolute atomic E-state index is 0.138. The van der Waals surface area contributed by atoms with Gasteiger partial charge in [0.1, 0.15) is 12.4 Å². The highest BCUT2D eigenvalue weighted by molar-refractivity contribution is 5.81. The van der Waals surface area contributed by atoms with Crippen LogP contribution in [0.3, 0.4) is 0 Å². The van der Waals surface area contributed by atoms with Gasteiger partial charge in [-0.2, -0.15) is 0 Å². The molecule has 0 aliphatic heterocycles. The Kier molecular flexibility index (Phi) is 8.45. The number of benzene rings is 3. The van der Waals surface area contributed by atoms with Gasteiger partial charge in [-0.1, -0.05) is 72.8 Å². The predicted molar refractivity (Wildman–Crippen MR) is 120 cm³/mol. The fraction of sp³-hybridized carbons (Fsp3) is 0.240. The maximum absolute atomic E-state index is 12.2. The van der Waals surface area contributed by atoms with Crippen molar-refractivity contribution < 1.29 is 9.53 Å². The van der Waals surface area contributed by atoms with Crippen molar-refractivity contribution in [2.45, 2.75) is 25.6 Å². The zero-order valence-electron chi connectivity index (χ0n) is 17.1. The Labute approximate surface area is 178 Å². The minimum Gasteiger partial charge on any atom is -0.489 e. The van der Waals surface area contributed by atoms with Crippen LogP contribution in [0.5, 0.6) is 5.75 Å². The summed E-state index contributed by atoms with van der Waals surface area (Å²) in [4.78, 5) is 12.2. The normalized spacial score (nSPS) is 11.6. The van der Waals surface area contributed by atoms with Gasteiger partial charge in [0.05, 0.1) is 6.04 Å². The molecule has 0 saturated heterocycles. The molecule has 0 aliphatic carbocycles. The van der Waals surface area contributed by atoms with Crippen LogP contribution in [0.2, 0.25) is 0 Å². The lowest BCUT2D eigenvalue weighted by molar-refractivity contribution is -0.122. The van der Waals surface area contributed by atoms with Crippen molar-refractivity contribution >= 4 is 5.91 Å². The molecular formula is C25H29N3O2. The van der Waals surface area contributed by atoms with Crippen LogP contribution in [-0.4, -0.2) is 25.0 Å². The second-order valence-corrected chi connectivity index (χ2v) is 7.18. The maximum Gasteiger partial charge on any atom is 0.237 e. The summed E-state index contributed by atoms with van der Waals surface area (Å²) in [5.74, 6) is 0.658. The first-order chi connectivity index (χ1) is 14.7. The molecule has 0 bridgehead atoms. The van der Waals surface area contributed by atoms with E-state index < -0.39 is 6.04 Å². The fourth-order valence-corrected chi connectivity index (χ4v) is 3.04. The Morgan fingerprint density at radius 1 is 0.800 bits per heavy atom. The molecule has 1 amide bonds. The van der Waals surface area contributed by atoms with Gasteiger partial charge in [0.2, 0.25) is 5.91 Å². The van der Waals surface area contributed by atoms with Crippen LogP contribution >= 0.6 is 0 Å². The van der Waals surface area contributed by atoms with Crippen molar-refractivity contribution in [1.82, 2.24) is 10.6 Å². The van der Waals surface area contributed by atoms with Gasteiger partial charge in [0, 0.05) is 19.6 Å². The van der Waals surface area contributed by atoms with Crippen molar-refractivity contribution in [3.05, 3.63) is 102 Å². The number of nitrogens with two attached hydrogens (primary N) is 1. The second-order valence-electron chi connectivity index (χ2n) is 7.18. The van der Waals surface area contributed by atoms with Crippen molar-refractivity contribution in [3.63, 3.8) is 0 Å². The van der Waals surface area contributed by atoms with Gasteiger partial charge in [-0.3, -0.25) is 4.79 Å². The SMILES string of the molecule is NC(Cc1ccc(OCc2ccccc2)cc1)C(=O)NCCNCc1ccccc1. The molecule has 0 heterocycles. The molecule has 0 fully saturated rings. The zero-order valence-corrected chi connectivity index (χ0v) is 17.1. The molecule has 30 heavy (non-hydrogen) atoms. The van der Waals surface area contributed by atoms with E-state index in [0.717, 1.165) is 23.4 Å². The van der Waals surface area contributed by atoms with E-state index in [1.165, 1.54) is 5.56 Å². The van der Waals surface area contributed by atoms with Gasteiger partial charge in [-0.05, 0) is 35.2 Å². The standard InChI is InChI=1S/C25H29N3O2/c26-24(25(29)28-16-15-27-18-21-7-3-1-4-8-21)17-20-11-13-23(14-12-20)30-19-22-9-5-2-6-10-22/h1-14,24,27H,15-19,26H2,(H,28,29). The molecule has 3 aromatic rings.